The molecule has 6 heteroatoms. The van der Waals surface area contributed by atoms with Crippen LogP contribution in [0.15, 0.2) is 71.6 Å². The number of carbonyl (C=O) groups is 1. The predicted octanol–water partition coefficient (Wildman–Crippen LogP) is 4.37. The lowest BCUT2D eigenvalue weighted by atomic mass is 9.95. The molecule has 1 aliphatic rings. The number of hydrogen-bond donors (Lipinski definition) is 1. The Morgan fingerprint density at radius 1 is 0.903 bits per heavy atom. The Bertz CT molecular complexity index is 1230. The van der Waals surface area contributed by atoms with E-state index in [0.717, 1.165) is 27.8 Å². The van der Waals surface area contributed by atoms with E-state index >= 15 is 0 Å². The number of nitrogens with one attached hydrogen (secondary N) is 1. The predicted molar refractivity (Wildman–Crippen MR) is 122 cm³/mol. The van der Waals surface area contributed by atoms with E-state index in [2.05, 4.69) is 5.32 Å². The van der Waals surface area contributed by atoms with Gasteiger partial charge in [-0.15, -0.1) is 0 Å². The molecule has 31 heavy (non-hydrogen) atoms. The van der Waals surface area contributed by atoms with Crippen LogP contribution >= 0.6 is 0 Å². The van der Waals surface area contributed by atoms with E-state index in [1.54, 1.807) is 24.3 Å². The number of hydrogen-bond acceptors (Lipinski definition) is 3. The number of nitrogens with zero attached hydrogens (tertiary/aromatic N) is 1. The van der Waals surface area contributed by atoms with Crippen molar-refractivity contribution in [3.8, 4) is 0 Å². The van der Waals surface area contributed by atoms with Crippen LogP contribution in [0.25, 0.3) is 0 Å². The fourth-order valence-electron chi connectivity index (χ4n) is 3.99. The molecule has 3 aromatic carbocycles. The first-order chi connectivity index (χ1) is 14.8. The molecule has 160 valence electrons. The van der Waals surface area contributed by atoms with Crippen LogP contribution in [0.1, 0.15) is 27.8 Å². The molecule has 1 amide bonds. The van der Waals surface area contributed by atoms with Gasteiger partial charge in [-0.2, -0.15) is 4.31 Å². The molecule has 0 saturated heterocycles. The molecule has 0 fully saturated rings. The summed E-state index contributed by atoms with van der Waals surface area (Å²) in [6.45, 7) is 6.00. The van der Waals surface area contributed by atoms with Crippen molar-refractivity contribution in [3.63, 3.8) is 0 Å². The Morgan fingerprint density at radius 2 is 1.55 bits per heavy atom. The summed E-state index contributed by atoms with van der Waals surface area (Å²) in [4.78, 5) is 13.5. The Kier molecular flexibility index (Phi) is 5.69. The van der Waals surface area contributed by atoms with Gasteiger partial charge in [0.25, 0.3) is 0 Å². The lowest BCUT2D eigenvalue weighted by Crippen LogP contribution is -2.50. The highest BCUT2D eigenvalue weighted by molar-refractivity contribution is 7.89. The number of rotatable bonds is 4. The van der Waals surface area contributed by atoms with E-state index in [1.807, 2.05) is 63.2 Å². The maximum absolute atomic E-state index is 13.5. The molecular weight excluding hydrogens is 408 g/mol. The Hall–Kier alpha value is -2.96. The summed E-state index contributed by atoms with van der Waals surface area (Å²) in [5.74, 6) is -0.322. The minimum atomic E-state index is -3.85. The molecule has 3 aromatic rings. The molecule has 5 nitrogen and oxygen atoms in total. The summed E-state index contributed by atoms with van der Waals surface area (Å²) in [5.41, 5.74) is 5.64. The molecular formula is C25H26N2O3S. The highest BCUT2D eigenvalue weighted by Gasteiger charge is 2.39. The van der Waals surface area contributed by atoms with E-state index in [9.17, 15) is 13.2 Å². The fourth-order valence-corrected chi connectivity index (χ4v) is 5.56. The van der Waals surface area contributed by atoms with Gasteiger partial charge in [0.1, 0.15) is 6.04 Å². The van der Waals surface area contributed by atoms with Gasteiger partial charge >= 0.3 is 0 Å². The van der Waals surface area contributed by atoms with Gasteiger partial charge in [-0.25, -0.2) is 8.42 Å². The number of fused-ring (bicyclic) bond motifs is 1. The van der Waals surface area contributed by atoms with Crippen molar-refractivity contribution in [2.45, 2.75) is 44.7 Å². The van der Waals surface area contributed by atoms with E-state index in [0.29, 0.717) is 12.1 Å². The summed E-state index contributed by atoms with van der Waals surface area (Å²) in [6.07, 6.45) is 0.331. The van der Waals surface area contributed by atoms with Gasteiger partial charge in [-0.3, -0.25) is 4.79 Å². The van der Waals surface area contributed by atoms with Gasteiger partial charge in [-0.05, 0) is 62.1 Å². The van der Waals surface area contributed by atoms with E-state index in [1.165, 1.54) is 4.31 Å². The summed E-state index contributed by atoms with van der Waals surface area (Å²) >= 11 is 0. The Morgan fingerprint density at radius 3 is 2.23 bits per heavy atom. The minimum Gasteiger partial charge on any atom is -0.324 e. The number of benzene rings is 3. The second kappa shape index (κ2) is 8.29. The number of aryl methyl sites for hydroxylation is 3. The van der Waals surface area contributed by atoms with E-state index < -0.39 is 16.1 Å². The van der Waals surface area contributed by atoms with Crippen molar-refractivity contribution >= 4 is 21.6 Å². The zero-order chi connectivity index (χ0) is 22.2. The Balaban J connectivity index is 1.72. The van der Waals surface area contributed by atoms with Gasteiger partial charge in [-0.1, -0.05) is 59.7 Å². The van der Waals surface area contributed by atoms with Gasteiger partial charge in [0.2, 0.25) is 15.9 Å². The van der Waals surface area contributed by atoms with Crippen molar-refractivity contribution in [3.05, 3.63) is 94.5 Å². The number of carbonyl (C=O) groups excluding carboxylic acids is 1. The van der Waals surface area contributed by atoms with Crippen LogP contribution in [-0.2, 0) is 27.8 Å². The maximum atomic E-state index is 13.5. The summed E-state index contributed by atoms with van der Waals surface area (Å²) < 4.78 is 28.4. The highest BCUT2D eigenvalue weighted by Crippen LogP contribution is 2.30. The van der Waals surface area contributed by atoms with Crippen molar-refractivity contribution in [2.75, 3.05) is 5.32 Å². The van der Waals surface area contributed by atoms with Crippen LogP contribution in [0, 0.1) is 20.8 Å². The largest absolute Gasteiger partial charge is 0.324 e. The number of amides is 1. The average molecular weight is 435 g/mol. The van der Waals surface area contributed by atoms with Crippen LogP contribution in [0.5, 0.6) is 0 Å². The zero-order valence-corrected chi connectivity index (χ0v) is 18.7. The molecule has 1 atom stereocenters. The fraction of sp³-hybridized carbons (Fsp3) is 0.240. The normalized spacial score (nSPS) is 16.5. The smallest absolute Gasteiger partial charge is 0.244 e. The zero-order valence-electron chi connectivity index (χ0n) is 17.9. The quantitative estimate of drug-likeness (QED) is 0.663. The van der Waals surface area contributed by atoms with Crippen molar-refractivity contribution in [2.24, 2.45) is 0 Å². The molecule has 0 aromatic heterocycles. The molecule has 1 unspecified atom stereocenters. The third-order valence-corrected chi connectivity index (χ3v) is 7.64. The van der Waals surface area contributed by atoms with Crippen molar-refractivity contribution in [1.29, 1.82) is 0 Å². The molecule has 1 N–H and O–H groups in total. The van der Waals surface area contributed by atoms with Gasteiger partial charge in [0, 0.05) is 12.2 Å². The van der Waals surface area contributed by atoms with Crippen LogP contribution in [0.2, 0.25) is 0 Å². The molecule has 0 spiro atoms. The van der Waals surface area contributed by atoms with Gasteiger partial charge < -0.3 is 5.32 Å². The molecule has 4 rings (SSSR count). The lowest BCUT2D eigenvalue weighted by molar-refractivity contribution is -0.120. The monoisotopic (exact) mass is 434 g/mol. The topological polar surface area (TPSA) is 66.5 Å². The second-order valence-electron chi connectivity index (χ2n) is 8.16. The minimum absolute atomic E-state index is 0.164. The maximum Gasteiger partial charge on any atom is 0.244 e. The third kappa shape index (κ3) is 4.27. The summed E-state index contributed by atoms with van der Waals surface area (Å²) in [6, 6.07) is 19.4. The first-order valence-electron chi connectivity index (χ1n) is 10.3. The van der Waals surface area contributed by atoms with Gasteiger partial charge in [0.05, 0.1) is 4.90 Å². The standard InChI is InChI=1S/C25H26N2O3S/c1-17-8-11-22(12-9-17)31(29,30)27-16-21-7-5-4-6-20(21)15-24(27)25(28)26-23-13-10-18(2)14-19(23)3/h4-14,24H,15-16H2,1-3H3,(H,26,28). The Labute approximate surface area is 183 Å². The highest BCUT2D eigenvalue weighted by atomic mass is 32.2. The molecule has 0 bridgehead atoms. The van der Waals surface area contributed by atoms with Crippen LogP contribution in [0.3, 0.4) is 0 Å². The second-order valence-corrected chi connectivity index (χ2v) is 10.1. The number of sulfonamides is 1. The van der Waals surface area contributed by atoms with Crippen LogP contribution in [0.4, 0.5) is 5.69 Å². The van der Waals surface area contributed by atoms with E-state index in [4.69, 9.17) is 0 Å². The van der Waals surface area contributed by atoms with E-state index in [-0.39, 0.29) is 17.3 Å². The average Bonchev–Trinajstić information content (AvgIpc) is 2.75. The first kappa shape index (κ1) is 21.3. The van der Waals surface area contributed by atoms with Crippen molar-refractivity contribution < 1.29 is 13.2 Å². The molecule has 0 aliphatic carbocycles. The van der Waals surface area contributed by atoms with Crippen LogP contribution < -0.4 is 5.32 Å². The lowest BCUT2D eigenvalue weighted by Gasteiger charge is -2.35. The molecule has 0 saturated carbocycles. The summed E-state index contributed by atoms with van der Waals surface area (Å²) in [5, 5.41) is 2.96. The third-order valence-electron chi connectivity index (χ3n) is 5.78. The van der Waals surface area contributed by atoms with Gasteiger partial charge in [0.15, 0.2) is 0 Å². The SMILES string of the molecule is Cc1ccc(S(=O)(=O)N2Cc3ccccc3CC2C(=O)Nc2ccc(C)cc2C)cc1. The number of anilines is 1. The summed E-state index contributed by atoms with van der Waals surface area (Å²) in [7, 11) is -3.85. The van der Waals surface area contributed by atoms with Crippen molar-refractivity contribution in [1.82, 2.24) is 4.31 Å². The first-order valence-corrected chi connectivity index (χ1v) is 11.7. The molecule has 1 heterocycles. The van der Waals surface area contributed by atoms with Crippen LogP contribution in [-0.4, -0.2) is 24.7 Å². The molecule has 0 radical (unpaired) electrons. The molecule has 1 aliphatic heterocycles.